The highest BCUT2D eigenvalue weighted by atomic mass is 16.6. The van der Waals surface area contributed by atoms with Crippen LogP contribution in [0.3, 0.4) is 0 Å². The molecular formula is C12H14O5. The van der Waals surface area contributed by atoms with E-state index in [2.05, 4.69) is 4.74 Å². The summed E-state index contributed by atoms with van der Waals surface area (Å²) < 4.78 is 20.2. The average molecular weight is 238 g/mol. The van der Waals surface area contributed by atoms with E-state index in [1.165, 1.54) is 7.11 Å². The van der Waals surface area contributed by atoms with Crippen molar-refractivity contribution in [3.8, 4) is 11.5 Å². The molecular weight excluding hydrogens is 224 g/mol. The van der Waals surface area contributed by atoms with Crippen molar-refractivity contribution in [1.29, 1.82) is 0 Å². The van der Waals surface area contributed by atoms with E-state index in [1.807, 2.05) is 6.07 Å². The van der Waals surface area contributed by atoms with Crippen molar-refractivity contribution in [1.82, 2.24) is 0 Å². The van der Waals surface area contributed by atoms with Crippen molar-refractivity contribution < 1.29 is 23.7 Å². The minimum atomic E-state index is -0.502. The van der Waals surface area contributed by atoms with Crippen LogP contribution in [0.5, 0.6) is 11.5 Å². The lowest BCUT2D eigenvalue weighted by Crippen LogP contribution is -2.09. The van der Waals surface area contributed by atoms with Gasteiger partial charge in [0, 0.05) is 0 Å². The Morgan fingerprint density at radius 3 is 2.47 bits per heavy atom. The molecule has 1 saturated heterocycles. The summed E-state index contributed by atoms with van der Waals surface area (Å²) in [6, 6.07) is 5.42. The third-order valence-electron chi connectivity index (χ3n) is 2.66. The molecule has 5 nitrogen and oxygen atoms in total. The summed E-state index contributed by atoms with van der Waals surface area (Å²) >= 11 is 0. The predicted molar refractivity (Wildman–Crippen MR) is 59.2 cm³/mol. The smallest absolute Gasteiger partial charge is 0.338 e. The Bertz CT molecular complexity index is 429. The van der Waals surface area contributed by atoms with Gasteiger partial charge in [0.1, 0.15) is 6.10 Å². The van der Waals surface area contributed by atoms with Crippen LogP contribution in [0.1, 0.15) is 11.7 Å². The van der Waals surface area contributed by atoms with Crippen LogP contribution >= 0.6 is 0 Å². The molecule has 1 aromatic carbocycles. The number of rotatable bonds is 4. The number of methoxy groups -OCH3 is 3. The van der Waals surface area contributed by atoms with Gasteiger partial charge in [-0.1, -0.05) is 6.07 Å². The molecule has 0 N–H and O–H groups in total. The fourth-order valence-corrected chi connectivity index (χ4v) is 1.69. The number of esters is 1. The van der Waals surface area contributed by atoms with Crippen LogP contribution in [-0.2, 0) is 14.3 Å². The monoisotopic (exact) mass is 238 g/mol. The molecule has 0 radical (unpaired) electrons. The summed E-state index contributed by atoms with van der Waals surface area (Å²) in [5.41, 5.74) is 0.873. The molecule has 0 amide bonds. The van der Waals surface area contributed by atoms with Gasteiger partial charge in [-0.15, -0.1) is 0 Å². The first-order chi connectivity index (χ1) is 8.21. The van der Waals surface area contributed by atoms with Crippen LogP contribution in [0.15, 0.2) is 18.2 Å². The van der Waals surface area contributed by atoms with Crippen molar-refractivity contribution in [2.45, 2.75) is 12.2 Å². The summed E-state index contributed by atoms with van der Waals surface area (Å²) in [5, 5.41) is 0. The molecule has 1 aliphatic rings. The van der Waals surface area contributed by atoms with E-state index in [4.69, 9.17) is 14.2 Å². The molecule has 1 fully saturated rings. The van der Waals surface area contributed by atoms with Gasteiger partial charge in [0.2, 0.25) is 0 Å². The molecule has 92 valence electrons. The van der Waals surface area contributed by atoms with Crippen LogP contribution in [-0.4, -0.2) is 33.4 Å². The zero-order valence-electron chi connectivity index (χ0n) is 9.93. The standard InChI is InChI=1S/C12H14O5/c1-14-8-5-4-7(6-9(8)15-2)10-11(17-10)12(13)16-3/h4-6,10-11H,1-3H3/t10-,11+/m0/s1. The molecule has 17 heavy (non-hydrogen) atoms. The summed E-state index contributed by atoms with van der Waals surface area (Å²) in [6.45, 7) is 0. The number of hydrogen-bond donors (Lipinski definition) is 0. The Kier molecular flexibility index (Phi) is 3.19. The number of ether oxygens (including phenoxy) is 4. The number of benzene rings is 1. The Labute approximate surface area is 99.2 Å². The van der Waals surface area contributed by atoms with E-state index < -0.39 is 6.10 Å². The Morgan fingerprint density at radius 1 is 1.18 bits per heavy atom. The lowest BCUT2D eigenvalue weighted by Gasteiger charge is -2.08. The lowest BCUT2D eigenvalue weighted by atomic mass is 10.1. The molecule has 2 atom stereocenters. The van der Waals surface area contributed by atoms with Gasteiger partial charge >= 0.3 is 5.97 Å². The number of epoxide rings is 1. The molecule has 1 aromatic rings. The minimum absolute atomic E-state index is 0.248. The first-order valence-corrected chi connectivity index (χ1v) is 5.16. The van der Waals surface area contributed by atoms with Crippen LogP contribution in [0.25, 0.3) is 0 Å². The number of carbonyl (C=O) groups excluding carboxylic acids is 1. The highest BCUT2D eigenvalue weighted by molar-refractivity contribution is 5.78. The van der Waals surface area contributed by atoms with Crippen LogP contribution in [0, 0.1) is 0 Å². The first kappa shape index (κ1) is 11.7. The Morgan fingerprint density at radius 2 is 1.88 bits per heavy atom. The van der Waals surface area contributed by atoms with Crippen LogP contribution in [0.4, 0.5) is 0 Å². The maximum Gasteiger partial charge on any atom is 0.338 e. The molecule has 0 aliphatic carbocycles. The normalized spacial score (nSPS) is 21.8. The summed E-state index contributed by atoms with van der Waals surface area (Å²) in [7, 11) is 4.48. The third-order valence-corrected chi connectivity index (χ3v) is 2.66. The van der Waals surface area contributed by atoms with E-state index in [9.17, 15) is 4.79 Å². The van der Waals surface area contributed by atoms with Gasteiger partial charge in [-0.25, -0.2) is 4.79 Å². The van der Waals surface area contributed by atoms with E-state index in [-0.39, 0.29) is 12.1 Å². The van der Waals surface area contributed by atoms with Gasteiger partial charge < -0.3 is 18.9 Å². The Balaban J connectivity index is 2.16. The molecule has 2 rings (SSSR count). The van der Waals surface area contributed by atoms with E-state index in [1.54, 1.807) is 26.4 Å². The van der Waals surface area contributed by atoms with Crippen molar-refractivity contribution >= 4 is 5.97 Å². The maximum absolute atomic E-state index is 11.2. The number of hydrogen-bond acceptors (Lipinski definition) is 5. The zero-order chi connectivity index (χ0) is 12.4. The van der Waals surface area contributed by atoms with Gasteiger partial charge in [-0.2, -0.15) is 0 Å². The predicted octanol–water partition coefficient (Wildman–Crippen LogP) is 1.32. The van der Waals surface area contributed by atoms with E-state index >= 15 is 0 Å². The van der Waals surface area contributed by atoms with Gasteiger partial charge in [0.05, 0.1) is 21.3 Å². The molecule has 0 unspecified atom stereocenters. The molecule has 0 bridgehead atoms. The first-order valence-electron chi connectivity index (χ1n) is 5.16. The number of carbonyl (C=O) groups is 1. The maximum atomic E-state index is 11.2. The quantitative estimate of drug-likeness (QED) is 0.585. The largest absolute Gasteiger partial charge is 0.493 e. The molecule has 0 saturated carbocycles. The van der Waals surface area contributed by atoms with Gasteiger partial charge in [0.15, 0.2) is 17.6 Å². The third kappa shape index (κ3) is 2.19. The van der Waals surface area contributed by atoms with Crippen molar-refractivity contribution in [2.24, 2.45) is 0 Å². The SMILES string of the molecule is COC(=O)[C@@H]1O[C@H]1c1ccc(OC)c(OC)c1. The van der Waals surface area contributed by atoms with Crippen molar-refractivity contribution in [3.05, 3.63) is 23.8 Å². The molecule has 0 spiro atoms. The highest BCUT2D eigenvalue weighted by Crippen LogP contribution is 2.42. The Hall–Kier alpha value is -1.75. The highest BCUT2D eigenvalue weighted by Gasteiger charge is 2.47. The molecule has 1 heterocycles. The van der Waals surface area contributed by atoms with Crippen LogP contribution < -0.4 is 9.47 Å². The van der Waals surface area contributed by atoms with Crippen molar-refractivity contribution in [2.75, 3.05) is 21.3 Å². The van der Waals surface area contributed by atoms with E-state index in [0.29, 0.717) is 11.5 Å². The van der Waals surface area contributed by atoms with Crippen molar-refractivity contribution in [3.63, 3.8) is 0 Å². The molecule has 1 aliphatic heterocycles. The van der Waals surface area contributed by atoms with Gasteiger partial charge in [-0.3, -0.25) is 0 Å². The van der Waals surface area contributed by atoms with Crippen LogP contribution in [0.2, 0.25) is 0 Å². The second-order valence-corrected chi connectivity index (χ2v) is 3.61. The summed E-state index contributed by atoms with van der Waals surface area (Å²) in [6.07, 6.45) is -0.750. The topological polar surface area (TPSA) is 57.3 Å². The second-order valence-electron chi connectivity index (χ2n) is 3.61. The minimum Gasteiger partial charge on any atom is -0.493 e. The summed E-state index contributed by atoms with van der Waals surface area (Å²) in [5.74, 6) is 0.903. The second kappa shape index (κ2) is 4.63. The fraction of sp³-hybridized carbons (Fsp3) is 0.417. The zero-order valence-corrected chi connectivity index (χ0v) is 9.93. The summed E-state index contributed by atoms with van der Waals surface area (Å²) in [4.78, 5) is 11.2. The van der Waals surface area contributed by atoms with E-state index in [0.717, 1.165) is 5.56 Å². The lowest BCUT2D eigenvalue weighted by molar-refractivity contribution is -0.142. The average Bonchev–Trinajstić information content (AvgIpc) is 3.17. The molecule has 0 aromatic heterocycles. The fourth-order valence-electron chi connectivity index (χ4n) is 1.69. The van der Waals surface area contributed by atoms with Gasteiger partial charge in [-0.05, 0) is 17.7 Å². The molecule has 5 heteroatoms. The van der Waals surface area contributed by atoms with Gasteiger partial charge in [0.25, 0.3) is 0 Å².